The number of nitrogens with two attached hydrogens (primary N) is 1. The molecule has 5 heteroatoms. The van der Waals surface area contributed by atoms with E-state index in [9.17, 15) is 4.79 Å². The van der Waals surface area contributed by atoms with E-state index in [2.05, 4.69) is 4.98 Å². The van der Waals surface area contributed by atoms with E-state index in [0.29, 0.717) is 19.4 Å². The van der Waals surface area contributed by atoms with E-state index in [1.54, 1.807) is 18.8 Å². The maximum atomic E-state index is 11.5. The van der Waals surface area contributed by atoms with Gasteiger partial charge in [-0.3, -0.25) is 9.78 Å². The number of rotatable bonds is 6. The van der Waals surface area contributed by atoms with Gasteiger partial charge in [0.15, 0.2) is 5.78 Å². The Morgan fingerprint density at radius 2 is 2.57 bits per heavy atom. The summed E-state index contributed by atoms with van der Waals surface area (Å²) in [6, 6.07) is -0.419. The molecule has 0 aliphatic carbocycles. The number of hydrogen-bond donors (Lipinski definition) is 1. The second kappa shape index (κ2) is 5.85. The van der Waals surface area contributed by atoms with Crippen molar-refractivity contribution < 1.29 is 9.53 Å². The Morgan fingerprint density at radius 3 is 3.14 bits per heavy atom. The summed E-state index contributed by atoms with van der Waals surface area (Å²) in [6.07, 6.45) is 2.66. The summed E-state index contributed by atoms with van der Waals surface area (Å²) in [4.78, 5) is 16.4. The fourth-order valence-electron chi connectivity index (χ4n) is 1.04. The molecular formula is C9H14N2O2S. The van der Waals surface area contributed by atoms with Gasteiger partial charge in [0.05, 0.1) is 11.6 Å². The van der Waals surface area contributed by atoms with Crippen molar-refractivity contribution in [3.8, 4) is 0 Å². The molecule has 0 radical (unpaired) electrons. The van der Waals surface area contributed by atoms with Crippen LogP contribution < -0.4 is 5.73 Å². The summed E-state index contributed by atoms with van der Waals surface area (Å²) < 4.78 is 4.86. The van der Waals surface area contributed by atoms with Crippen LogP contribution in [0.5, 0.6) is 0 Å². The molecule has 0 bridgehead atoms. The van der Waals surface area contributed by atoms with Gasteiger partial charge < -0.3 is 10.5 Å². The molecule has 1 unspecified atom stereocenters. The highest BCUT2D eigenvalue weighted by Crippen LogP contribution is 2.08. The van der Waals surface area contributed by atoms with Crippen LogP contribution in [0.4, 0.5) is 0 Å². The van der Waals surface area contributed by atoms with Crippen LogP contribution in [-0.2, 0) is 16.0 Å². The number of ketones is 1. The maximum absolute atomic E-state index is 11.5. The highest BCUT2D eigenvalue weighted by atomic mass is 32.1. The van der Waals surface area contributed by atoms with Crippen LogP contribution in [0.1, 0.15) is 11.3 Å². The van der Waals surface area contributed by atoms with Crippen LogP contribution in [0.3, 0.4) is 0 Å². The third kappa shape index (κ3) is 3.53. The van der Waals surface area contributed by atoms with Crippen LogP contribution >= 0.6 is 11.3 Å². The van der Waals surface area contributed by atoms with E-state index in [1.807, 2.05) is 0 Å². The summed E-state index contributed by atoms with van der Waals surface area (Å²) in [7, 11) is 1.60. The van der Waals surface area contributed by atoms with Crippen molar-refractivity contribution in [2.75, 3.05) is 13.7 Å². The van der Waals surface area contributed by atoms with Crippen LogP contribution in [0, 0.1) is 0 Å². The molecule has 0 aliphatic heterocycles. The van der Waals surface area contributed by atoms with Gasteiger partial charge in [0.2, 0.25) is 0 Å². The van der Waals surface area contributed by atoms with Crippen molar-refractivity contribution in [1.29, 1.82) is 0 Å². The second-order valence-electron chi connectivity index (χ2n) is 3.00. The van der Waals surface area contributed by atoms with Crippen molar-refractivity contribution in [3.63, 3.8) is 0 Å². The number of aromatic nitrogens is 1. The number of nitrogens with zero attached hydrogens (tertiary/aromatic N) is 1. The minimum atomic E-state index is -0.419. The van der Waals surface area contributed by atoms with Gasteiger partial charge in [-0.2, -0.15) is 0 Å². The minimum absolute atomic E-state index is 0.0475. The zero-order chi connectivity index (χ0) is 10.4. The Balaban J connectivity index is 2.34. The number of thiazole rings is 1. The highest BCUT2D eigenvalue weighted by Gasteiger charge is 2.14. The van der Waals surface area contributed by atoms with Crippen LogP contribution in [0.25, 0.3) is 0 Å². The molecule has 78 valence electrons. The van der Waals surface area contributed by atoms with E-state index in [4.69, 9.17) is 10.5 Å². The number of Topliss-reactive ketones (excluding diaryl/α,β-unsaturated/α-hetero) is 1. The molecule has 2 N–H and O–H groups in total. The topological polar surface area (TPSA) is 65.2 Å². The lowest BCUT2D eigenvalue weighted by Gasteiger charge is -2.08. The Morgan fingerprint density at radius 1 is 1.79 bits per heavy atom. The molecule has 14 heavy (non-hydrogen) atoms. The summed E-state index contributed by atoms with van der Waals surface area (Å²) >= 11 is 1.47. The predicted molar refractivity (Wildman–Crippen MR) is 55.3 cm³/mol. The zero-order valence-electron chi connectivity index (χ0n) is 8.10. The maximum Gasteiger partial charge on any atom is 0.154 e. The predicted octanol–water partition coefficient (Wildman–Crippen LogP) is 0.619. The highest BCUT2D eigenvalue weighted by molar-refractivity contribution is 7.09. The Hall–Kier alpha value is -0.780. The second-order valence-corrected chi connectivity index (χ2v) is 3.97. The summed E-state index contributed by atoms with van der Waals surface area (Å²) in [5.41, 5.74) is 7.39. The molecule has 0 amide bonds. The van der Waals surface area contributed by atoms with Gasteiger partial charge in [0, 0.05) is 31.2 Å². The largest absolute Gasteiger partial charge is 0.385 e. The van der Waals surface area contributed by atoms with Crippen LogP contribution in [-0.4, -0.2) is 30.5 Å². The van der Waals surface area contributed by atoms with Crippen LogP contribution in [0.15, 0.2) is 11.7 Å². The summed E-state index contributed by atoms with van der Waals surface area (Å²) in [5, 5.41) is 0. The standard InChI is InChI=1S/C9H14N2O2S/c1-13-3-2-8(10)9(12)4-7-5-11-6-14-7/h5-6,8H,2-4,10H2,1H3. The van der Waals surface area contributed by atoms with Gasteiger partial charge in [-0.05, 0) is 6.42 Å². The van der Waals surface area contributed by atoms with E-state index in [1.165, 1.54) is 11.3 Å². The molecule has 0 saturated heterocycles. The minimum Gasteiger partial charge on any atom is -0.385 e. The first-order chi connectivity index (χ1) is 6.74. The first-order valence-electron chi connectivity index (χ1n) is 4.38. The van der Waals surface area contributed by atoms with Crippen molar-refractivity contribution in [2.24, 2.45) is 5.73 Å². The molecule has 1 aromatic rings. The first-order valence-corrected chi connectivity index (χ1v) is 5.26. The zero-order valence-corrected chi connectivity index (χ0v) is 8.92. The molecule has 1 heterocycles. The first kappa shape index (κ1) is 11.3. The Labute approximate surface area is 87.1 Å². The fraction of sp³-hybridized carbons (Fsp3) is 0.556. The molecular weight excluding hydrogens is 200 g/mol. The molecule has 1 rings (SSSR count). The third-order valence-corrected chi connectivity index (χ3v) is 2.66. The number of carbonyl (C=O) groups excluding carboxylic acids is 1. The third-order valence-electron chi connectivity index (χ3n) is 1.88. The molecule has 0 fully saturated rings. The van der Waals surface area contributed by atoms with E-state index >= 15 is 0 Å². The van der Waals surface area contributed by atoms with E-state index in [-0.39, 0.29) is 5.78 Å². The van der Waals surface area contributed by atoms with Crippen molar-refractivity contribution in [3.05, 3.63) is 16.6 Å². The SMILES string of the molecule is COCCC(N)C(=O)Cc1cncs1. The molecule has 4 nitrogen and oxygen atoms in total. The quantitative estimate of drug-likeness (QED) is 0.754. The van der Waals surface area contributed by atoms with Gasteiger partial charge in [-0.15, -0.1) is 11.3 Å². The number of ether oxygens (including phenoxy) is 1. The van der Waals surface area contributed by atoms with Crippen molar-refractivity contribution in [1.82, 2.24) is 4.98 Å². The molecule has 1 atom stereocenters. The van der Waals surface area contributed by atoms with Gasteiger partial charge in [-0.1, -0.05) is 0 Å². The normalized spacial score (nSPS) is 12.7. The monoisotopic (exact) mass is 214 g/mol. The molecule has 0 spiro atoms. The summed E-state index contributed by atoms with van der Waals surface area (Å²) in [6.45, 7) is 0.523. The van der Waals surface area contributed by atoms with Crippen molar-refractivity contribution in [2.45, 2.75) is 18.9 Å². The van der Waals surface area contributed by atoms with E-state index in [0.717, 1.165) is 4.88 Å². The lowest BCUT2D eigenvalue weighted by molar-refractivity contribution is -0.120. The molecule has 1 aromatic heterocycles. The number of methoxy groups -OCH3 is 1. The molecule has 0 aliphatic rings. The van der Waals surface area contributed by atoms with Gasteiger partial charge in [-0.25, -0.2) is 0 Å². The van der Waals surface area contributed by atoms with Gasteiger partial charge in [0.1, 0.15) is 0 Å². The van der Waals surface area contributed by atoms with Gasteiger partial charge >= 0.3 is 0 Å². The lowest BCUT2D eigenvalue weighted by Crippen LogP contribution is -2.32. The Kier molecular flexibility index (Phi) is 4.72. The van der Waals surface area contributed by atoms with Crippen LogP contribution in [0.2, 0.25) is 0 Å². The molecule has 0 saturated carbocycles. The van der Waals surface area contributed by atoms with Gasteiger partial charge in [0.25, 0.3) is 0 Å². The fourth-order valence-corrected chi connectivity index (χ4v) is 1.64. The smallest absolute Gasteiger partial charge is 0.154 e. The van der Waals surface area contributed by atoms with Crippen molar-refractivity contribution >= 4 is 17.1 Å². The Bertz CT molecular complexity index is 274. The number of hydrogen-bond acceptors (Lipinski definition) is 5. The summed E-state index contributed by atoms with van der Waals surface area (Å²) in [5.74, 6) is 0.0475. The molecule has 0 aromatic carbocycles. The lowest BCUT2D eigenvalue weighted by atomic mass is 10.1. The number of carbonyl (C=O) groups is 1. The average molecular weight is 214 g/mol. The van der Waals surface area contributed by atoms with E-state index < -0.39 is 6.04 Å². The average Bonchev–Trinajstić information content (AvgIpc) is 2.66.